The molecule has 0 spiro atoms. The van der Waals surface area contributed by atoms with Gasteiger partial charge in [-0.3, -0.25) is 0 Å². The highest BCUT2D eigenvalue weighted by Gasteiger charge is 2.18. The summed E-state index contributed by atoms with van der Waals surface area (Å²) in [6, 6.07) is 22.6. The molecule has 1 N–H and O–H groups in total. The number of fused-ring (bicyclic) bond motifs is 6. The van der Waals surface area contributed by atoms with Gasteiger partial charge in [0.15, 0.2) is 0 Å². The molecule has 0 aliphatic rings. The SMILES string of the molecule is CCNC(C)c1cc2c3ccccc3n3c4ccccc4c(c1)c23. The van der Waals surface area contributed by atoms with E-state index in [-0.39, 0.29) is 0 Å². The molecule has 1 atom stereocenters. The first kappa shape index (κ1) is 13.8. The molecule has 118 valence electrons. The van der Waals surface area contributed by atoms with Crippen molar-refractivity contribution in [3.05, 3.63) is 66.2 Å². The van der Waals surface area contributed by atoms with E-state index in [2.05, 4.69) is 84.2 Å². The van der Waals surface area contributed by atoms with E-state index in [0.29, 0.717) is 6.04 Å². The Balaban J connectivity index is 2.03. The number of aromatic nitrogens is 1. The molecular formula is C22H20N2. The lowest BCUT2D eigenvalue weighted by atomic mass is 10.0. The Morgan fingerprint density at radius 1 is 0.833 bits per heavy atom. The second kappa shape index (κ2) is 4.96. The zero-order chi connectivity index (χ0) is 16.3. The summed E-state index contributed by atoms with van der Waals surface area (Å²) in [5.41, 5.74) is 5.31. The van der Waals surface area contributed by atoms with Crippen LogP contribution in [-0.2, 0) is 0 Å². The fourth-order valence-electron chi connectivity index (χ4n) is 4.15. The lowest BCUT2D eigenvalue weighted by molar-refractivity contribution is 0.599. The molecule has 0 aliphatic heterocycles. The molecule has 0 amide bonds. The number of rotatable bonds is 3. The van der Waals surface area contributed by atoms with Crippen molar-refractivity contribution in [2.24, 2.45) is 0 Å². The van der Waals surface area contributed by atoms with Crippen LogP contribution in [0.3, 0.4) is 0 Å². The van der Waals surface area contributed by atoms with Crippen molar-refractivity contribution in [1.82, 2.24) is 9.72 Å². The first-order valence-corrected chi connectivity index (χ1v) is 8.70. The van der Waals surface area contributed by atoms with Crippen molar-refractivity contribution in [2.45, 2.75) is 19.9 Å². The van der Waals surface area contributed by atoms with Crippen LogP contribution in [0.2, 0.25) is 0 Å². The Morgan fingerprint density at radius 2 is 1.38 bits per heavy atom. The third kappa shape index (κ3) is 1.69. The van der Waals surface area contributed by atoms with Crippen molar-refractivity contribution in [2.75, 3.05) is 6.54 Å². The van der Waals surface area contributed by atoms with Crippen molar-refractivity contribution >= 4 is 38.1 Å². The zero-order valence-corrected chi connectivity index (χ0v) is 14.0. The topological polar surface area (TPSA) is 16.4 Å². The van der Waals surface area contributed by atoms with Gasteiger partial charge in [0.05, 0.1) is 16.6 Å². The summed E-state index contributed by atoms with van der Waals surface area (Å²) in [6.45, 7) is 5.39. The first-order chi connectivity index (χ1) is 11.8. The Hall–Kier alpha value is -2.58. The molecule has 0 fully saturated rings. The van der Waals surface area contributed by atoms with E-state index in [4.69, 9.17) is 0 Å². The fourth-order valence-corrected chi connectivity index (χ4v) is 4.15. The second-order valence-corrected chi connectivity index (χ2v) is 6.61. The maximum Gasteiger partial charge on any atom is 0.0620 e. The molecule has 5 rings (SSSR count). The van der Waals surface area contributed by atoms with E-state index in [0.717, 1.165) is 6.54 Å². The molecule has 2 heterocycles. The highest BCUT2D eigenvalue weighted by Crippen LogP contribution is 2.40. The van der Waals surface area contributed by atoms with E-state index in [9.17, 15) is 0 Å². The van der Waals surface area contributed by atoms with Crippen LogP contribution in [0, 0.1) is 0 Å². The van der Waals surface area contributed by atoms with Gasteiger partial charge in [-0.15, -0.1) is 0 Å². The molecule has 2 heteroatoms. The molecule has 0 radical (unpaired) electrons. The van der Waals surface area contributed by atoms with E-state index < -0.39 is 0 Å². The molecule has 2 aromatic heterocycles. The van der Waals surface area contributed by atoms with Crippen molar-refractivity contribution in [3.63, 3.8) is 0 Å². The maximum absolute atomic E-state index is 3.55. The van der Waals surface area contributed by atoms with Crippen LogP contribution < -0.4 is 5.32 Å². The summed E-state index contributed by atoms with van der Waals surface area (Å²) in [5.74, 6) is 0. The molecule has 3 aromatic carbocycles. The number of benzene rings is 3. The van der Waals surface area contributed by atoms with Crippen molar-refractivity contribution in [3.8, 4) is 0 Å². The van der Waals surface area contributed by atoms with Gasteiger partial charge < -0.3 is 9.72 Å². The summed E-state index contributed by atoms with van der Waals surface area (Å²) < 4.78 is 2.43. The summed E-state index contributed by atoms with van der Waals surface area (Å²) >= 11 is 0. The van der Waals surface area contributed by atoms with E-state index >= 15 is 0 Å². The molecule has 0 aliphatic carbocycles. The number of hydrogen-bond acceptors (Lipinski definition) is 1. The molecule has 0 bridgehead atoms. The molecule has 2 nitrogen and oxygen atoms in total. The van der Waals surface area contributed by atoms with E-state index in [1.165, 1.54) is 43.7 Å². The van der Waals surface area contributed by atoms with Gasteiger partial charge in [-0.05, 0) is 43.3 Å². The van der Waals surface area contributed by atoms with Gasteiger partial charge >= 0.3 is 0 Å². The maximum atomic E-state index is 3.55. The minimum absolute atomic E-state index is 0.352. The lowest BCUT2D eigenvalue weighted by Crippen LogP contribution is -2.17. The average molecular weight is 312 g/mol. The number of nitrogens with zero attached hydrogens (tertiary/aromatic N) is 1. The Morgan fingerprint density at radius 3 is 1.92 bits per heavy atom. The largest absolute Gasteiger partial charge is 0.310 e. The van der Waals surface area contributed by atoms with Crippen LogP contribution in [0.15, 0.2) is 60.7 Å². The monoisotopic (exact) mass is 312 g/mol. The zero-order valence-electron chi connectivity index (χ0n) is 14.0. The molecule has 5 aromatic rings. The van der Waals surface area contributed by atoms with Crippen molar-refractivity contribution in [1.29, 1.82) is 0 Å². The van der Waals surface area contributed by atoms with Crippen LogP contribution in [0.5, 0.6) is 0 Å². The summed E-state index contributed by atoms with van der Waals surface area (Å²) in [7, 11) is 0. The Bertz CT molecular complexity index is 1100. The number of hydrogen-bond donors (Lipinski definition) is 1. The molecule has 1 unspecified atom stereocenters. The van der Waals surface area contributed by atoms with Crippen LogP contribution in [0.25, 0.3) is 38.1 Å². The second-order valence-electron chi connectivity index (χ2n) is 6.61. The fraction of sp³-hybridized carbons (Fsp3) is 0.182. The summed E-state index contributed by atoms with van der Waals surface area (Å²) in [5, 5.41) is 8.96. The van der Waals surface area contributed by atoms with Gasteiger partial charge in [-0.1, -0.05) is 43.3 Å². The third-order valence-corrected chi connectivity index (χ3v) is 5.24. The molecule has 24 heavy (non-hydrogen) atoms. The van der Waals surface area contributed by atoms with E-state index in [1.54, 1.807) is 0 Å². The highest BCUT2D eigenvalue weighted by molar-refractivity contribution is 6.23. The van der Waals surface area contributed by atoms with Gasteiger partial charge in [0, 0.05) is 27.6 Å². The standard InChI is InChI=1S/C22H20N2/c1-3-23-14(2)15-12-18-16-8-4-6-10-20(16)24-21-11-7-5-9-17(21)19(13-15)22(18)24/h4-14,23H,3H2,1-2H3. The molecule has 0 saturated carbocycles. The third-order valence-electron chi connectivity index (χ3n) is 5.24. The van der Waals surface area contributed by atoms with Gasteiger partial charge in [0.1, 0.15) is 0 Å². The van der Waals surface area contributed by atoms with Crippen LogP contribution in [0.4, 0.5) is 0 Å². The lowest BCUT2D eigenvalue weighted by Gasteiger charge is -2.13. The van der Waals surface area contributed by atoms with E-state index in [1.807, 2.05) is 0 Å². The predicted octanol–water partition coefficient (Wildman–Crippen LogP) is 5.51. The predicted molar refractivity (Wildman–Crippen MR) is 103 cm³/mol. The minimum Gasteiger partial charge on any atom is -0.310 e. The van der Waals surface area contributed by atoms with Gasteiger partial charge in [0.25, 0.3) is 0 Å². The summed E-state index contributed by atoms with van der Waals surface area (Å²) in [4.78, 5) is 0. The Kier molecular flexibility index (Phi) is 2.85. The summed E-state index contributed by atoms with van der Waals surface area (Å²) in [6.07, 6.45) is 0. The quantitative estimate of drug-likeness (QED) is 0.465. The number of nitrogens with one attached hydrogen (secondary N) is 1. The normalized spacial score (nSPS) is 13.6. The molecular weight excluding hydrogens is 292 g/mol. The molecule has 0 saturated heterocycles. The van der Waals surface area contributed by atoms with Crippen LogP contribution in [-0.4, -0.2) is 10.9 Å². The van der Waals surface area contributed by atoms with Crippen LogP contribution in [0.1, 0.15) is 25.5 Å². The smallest absolute Gasteiger partial charge is 0.0620 e. The highest BCUT2D eigenvalue weighted by atomic mass is 14.9. The average Bonchev–Trinajstić information content (AvgIpc) is 3.13. The van der Waals surface area contributed by atoms with Crippen molar-refractivity contribution < 1.29 is 0 Å². The minimum atomic E-state index is 0.352. The van der Waals surface area contributed by atoms with Gasteiger partial charge in [-0.25, -0.2) is 0 Å². The van der Waals surface area contributed by atoms with Gasteiger partial charge in [0.2, 0.25) is 0 Å². The number of para-hydroxylation sites is 2. The first-order valence-electron chi connectivity index (χ1n) is 8.70. The Labute approximate surface area is 141 Å². The van der Waals surface area contributed by atoms with Crippen LogP contribution >= 0.6 is 0 Å². The van der Waals surface area contributed by atoms with Gasteiger partial charge in [-0.2, -0.15) is 0 Å².